The molecule has 1 aromatic heterocycles. The average molecular weight is 440 g/mol. The van der Waals surface area contributed by atoms with Gasteiger partial charge in [-0.2, -0.15) is 0 Å². The molecule has 0 atom stereocenters. The van der Waals surface area contributed by atoms with Crippen LogP contribution in [0.2, 0.25) is 5.02 Å². The van der Waals surface area contributed by atoms with Crippen LogP contribution in [-0.4, -0.2) is 76.3 Å². The van der Waals surface area contributed by atoms with Gasteiger partial charge >= 0.3 is 0 Å². The topological polar surface area (TPSA) is 61.7 Å². The molecule has 0 bridgehead atoms. The lowest BCUT2D eigenvalue weighted by Crippen LogP contribution is -2.48. The molecule has 3 aromatic rings. The van der Waals surface area contributed by atoms with E-state index in [1.165, 1.54) is 0 Å². The summed E-state index contributed by atoms with van der Waals surface area (Å²) in [5, 5.41) is 0.488. The molecule has 8 heteroatoms. The maximum atomic E-state index is 12.8. The van der Waals surface area contributed by atoms with Crippen LogP contribution in [-0.2, 0) is 13.6 Å². The fraction of sp³-hybridized carbons (Fsp3) is 0.348. The lowest BCUT2D eigenvalue weighted by molar-refractivity contribution is 0.0624. The van der Waals surface area contributed by atoms with Gasteiger partial charge in [0.1, 0.15) is 5.82 Å². The maximum absolute atomic E-state index is 12.8. The van der Waals surface area contributed by atoms with Crippen molar-refractivity contribution >= 4 is 34.4 Å². The number of fused-ring (bicyclic) bond motifs is 1. The normalized spacial score (nSPS) is 14.8. The number of aromatic nitrogens is 2. The van der Waals surface area contributed by atoms with Gasteiger partial charge in [-0.3, -0.25) is 14.5 Å². The molecule has 4 rings (SSSR count). The Bertz CT molecular complexity index is 1130. The summed E-state index contributed by atoms with van der Waals surface area (Å²) in [6.07, 6.45) is 0. The molecule has 31 heavy (non-hydrogen) atoms. The first kappa shape index (κ1) is 21.3. The predicted molar refractivity (Wildman–Crippen MR) is 121 cm³/mol. The van der Waals surface area contributed by atoms with E-state index in [-0.39, 0.29) is 11.8 Å². The summed E-state index contributed by atoms with van der Waals surface area (Å²) in [6.45, 7) is 3.52. The lowest BCUT2D eigenvalue weighted by Gasteiger charge is -2.34. The van der Waals surface area contributed by atoms with Gasteiger partial charge in [-0.1, -0.05) is 23.7 Å². The Hall–Kier alpha value is -2.90. The molecule has 0 aliphatic carbocycles. The minimum absolute atomic E-state index is 0.0222. The van der Waals surface area contributed by atoms with Gasteiger partial charge in [0, 0.05) is 52.9 Å². The van der Waals surface area contributed by atoms with E-state index < -0.39 is 0 Å². The van der Waals surface area contributed by atoms with Gasteiger partial charge < -0.3 is 14.4 Å². The van der Waals surface area contributed by atoms with E-state index in [0.717, 1.165) is 29.9 Å². The summed E-state index contributed by atoms with van der Waals surface area (Å²) in [5.74, 6) is 0.884. The molecule has 0 N–H and O–H groups in total. The van der Waals surface area contributed by atoms with Crippen LogP contribution in [0.3, 0.4) is 0 Å². The third-order valence-electron chi connectivity index (χ3n) is 5.76. The first-order valence-electron chi connectivity index (χ1n) is 10.3. The highest BCUT2D eigenvalue weighted by atomic mass is 35.5. The summed E-state index contributed by atoms with van der Waals surface area (Å²) >= 11 is 6.19. The summed E-state index contributed by atoms with van der Waals surface area (Å²) in [6, 6.07) is 12.8. The molecule has 0 saturated carbocycles. The SMILES string of the molecule is CN(C)C(=O)c1ccc2c(c1)nc(CN1CCN(C(=O)c3ccccc3Cl)CC1)n2C. The highest BCUT2D eigenvalue weighted by molar-refractivity contribution is 6.33. The zero-order chi connectivity index (χ0) is 22.1. The van der Waals surface area contributed by atoms with Crippen LogP contribution in [0.15, 0.2) is 42.5 Å². The minimum atomic E-state index is -0.0339. The summed E-state index contributed by atoms with van der Waals surface area (Å²) in [7, 11) is 5.48. The van der Waals surface area contributed by atoms with Crippen LogP contribution in [0.1, 0.15) is 26.5 Å². The van der Waals surface area contributed by atoms with Crippen LogP contribution in [0.25, 0.3) is 11.0 Å². The Balaban J connectivity index is 1.43. The molecule has 1 aliphatic rings. The Morgan fingerprint density at radius 2 is 1.77 bits per heavy atom. The second-order valence-corrected chi connectivity index (χ2v) is 8.45. The van der Waals surface area contributed by atoms with Crippen molar-refractivity contribution in [2.75, 3.05) is 40.3 Å². The van der Waals surface area contributed by atoms with Crippen molar-refractivity contribution in [1.29, 1.82) is 0 Å². The Kier molecular flexibility index (Phi) is 5.98. The van der Waals surface area contributed by atoms with Crippen LogP contribution < -0.4 is 0 Å². The van der Waals surface area contributed by atoms with Gasteiger partial charge in [-0.05, 0) is 30.3 Å². The molecule has 2 aromatic carbocycles. The van der Waals surface area contributed by atoms with Gasteiger partial charge in [0.05, 0.1) is 28.2 Å². The van der Waals surface area contributed by atoms with Gasteiger partial charge in [-0.15, -0.1) is 0 Å². The number of nitrogens with zero attached hydrogens (tertiary/aromatic N) is 5. The number of carbonyl (C=O) groups is 2. The first-order chi connectivity index (χ1) is 14.8. The number of carbonyl (C=O) groups excluding carboxylic acids is 2. The summed E-state index contributed by atoms with van der Waals surface area (Å²) in [4.78, 5) is 35.5. The molecule has 2 amide bonds. The molecule has 0 spiro atoms. The van der Waals surface area contributed by atoms with Crippen LogP contribution in [0.4, 0.5) is 0 Å². The number of hydrogen-bond donors (Lipinski definition) is 0. The van der Waals surface area contributed by atoms with Gasteiger partial charge in [0.2, 0.25) is 0 Å². The smallest absolute Gasteiger partial charge is 0.255 e. The van der Waals surface area contributed by atoms with E-state index in [0.29, 0.717) is 35.8 Å². The van der Waals surface area contributed by atoms with Crippen LogP contribution >= 0.6 is 11.6 Å². The van der Waals surface area contributed by atoms with Gasteiger partial charge in [0.25, 0.3) is 11.8 Å². The number of imidazole rings is 1. The number of piperazine rings is 1. The molecule has 7 nitrogen and oxygen atoms in total. The zero-order valence-corrected chi connectivity index (χ0v) is 18.8. The fourth-order valence-corrected chi connectivity index (χ4v) is 4.11. The van der Waals surface area contributed by atoms with E-state index in [1.807, 2.05) is 42.3 Å². The van der Waals surface area contributed by atoms with Crippen molar-refractivity contribution in [3.8, 4) is 0 Å². The highest BCUT2D eigenvalue weighted by Gasteiger charge is 2.24. The van der Waals surface area contributed by atoms with Crippen molar-refractivity contribution in [3.63, 3.8) is 0 Å². The molecule has 0 radical (unpaired) electrons. The molecule has 0 unspecified atom stereocenters. The quantitative estimate of drug-likeness (QED) is 0.627. The molecule has 2 heterocycles. The predicted octanol–water partition coefficient (Wildman–Crippen LogP) is 2.89. The average Bonchev–Trinajstić information content (AvgIpc) is 3.08. The largest absolute Gasteiger partial charge is 0.345 e. The number of rotatable bonds is 4. The number of benzene rings is 2. The standard InChI is InChI=1S/C23H26ClN5O2/c1-26(2)22(30)16-8-9-20-19(14-16)25-21(27(20)3)15-28-10-12-29(13-11-28)23(31)17-6-4-5-7-18(17)24/h4-9,14H,10-13,15H2,1-3H3. The third kappa shape index (κ3) is 4.29. The van der Waals surface area contributed by atoms with E-state index in [9.17, 15) is 9.59 Å². The Morgan fingerprint density at radius 1 is 1.06 bits per heavy atom. The number of amides is 2. The zero-order valence-electron chi connectivity index (χ0n) is 18.0. The summed E-state index contributed by atoms with van der Waals surface area (Å²) in [5.41, 5.74) is 3.00. The molecule has 1 aliphatic heterocycles. The highest BCUT2D eigenvalue weighted by Crippen LogP contribution is 2.21. The molecule has 1 saturated heterocycles. The van der Waals surface area contributed by atoms with E-state index >= 15 is 0 Å². The fourth-order valence-electron chi connectivity index (χ4n) is 3.90. The first-order valence-corrected chi connectivity index (χ1v) is 10.7. The molecule has 1 fully saturated rings. The van der Waals surface area contributed by atoms with Gasteiger partial charge in [0.15, 0.2) is 0 Å². The Morgan fingerprint density at radius 3 is 2.45 bits per heavy atom. The molecule has 162 valence electrons. The van der Waals surface area contributed by atoms with Crippen molar-refractivity contribution in [2.45, 2.75) is 6.54 Å². The van der Waals surface area contributed by atoms with Crippen molar-refractivity contribution < 1.29 is 9.59 Å². The molecular weight excluding hydrogens is 414 g/mol. The van der Waals surface area contributed by atoms with Gasteiger partial charge in [-0.25, -0.2) is 4.98 Å². The lowest BCUT2D eigenvalue weighted by atomic mass is 10.2. The van der Waals surface area contributed by atoms with E-state index in [1.54, 1.807) is 31.1 Å². The van der Waals surface area contributed by atoms with Crippen LogP contribution in [0.5, 0.6) is 0 Å². The second kappa shape index (κ2) is 8.69. The summed E-state index contributed by atoms with van der Waals surface area (Å²) < 4.78 is 2.07. The Labute approximate surface area is 186 Å². The van der Waals surface area contributed by atoms with E-state index in [4.69, 9.17) is 16.6 Å². The third-order valence-corrected chi connectivity index (χ3v) is 6.08. The number of aryl methyl sites for hydroxylation is 1. The van der Waals surface area contributed by atoms with Crippen molar-refractivity contribution in [3.05, 3.63) is 64.4 Å². The second-order valence-electron chi connectivity index (χ2n) is 8.04. The monoisotopic (exact) mass is 439 g/mol. The van der Waals surface area contributed by atoms with E-state index in [2.05, 4.69) is 9.47 Å². The van der Waals surface area contributed by atoms with Crippen molar-refractivity contribution in [2.24, 2.45) is 7.05 Å². The number of halogens is 1. The van der Waals surface area contributed by atoms with Crippen molar-refractivity contribution in [1.82, 2.24) is 24.3 Å². The maximum Gasteiger partial charge on any atom is 0.255 e. The molecular formula is C23H26ClN5O2. The minimum Gasteiger partial charge on any atom is -0.345 e. The van der Waals surface area contributed by atoms with Crippen LogP contribution in [0, 0.1) is 0 Å². The number of hydrogen-bond acceptors (Lipinski definition) is 4.